The molecule has 3 N–H and O–H groups in total. The van der Waals surface area contributed by atoms with E-state index in [1.807, 2.05) is 0 Å². The van der Waals surface area contributed by atoms with Gasteiger partial charge < -0.3 is 10.4 Å². The molecule has 15 heavy (non-hydrogen) atoms. The van der Waals surface area contributed by atoms with E-state index in [1.54, 1.807) is 0 Å². The first kappa shape index (κ1) is 10.2. The molecule has 1 aromatic rings. The Labute approximate surface area is 89.5 Å². The minimum Gasteiger partial charge on any atom is -0.465 e. The van der Waals surface area contributed by atoms with Crippen molar-refractivity contribution in [1.82, 2.24) is 14.7 Å². The van der Waals surface area contributed by atoms with Crippen LogP contribution in [0.3, 0.4) is 0 Å². The van der Waals surface area contributed by atoms with Crippen LogP contribution in [0.15, 0.2) is 4.79 Å². The van der Waals surface area contributed by atoms with Gasteiger partial charge in [0, 0.05) is 23.5 Å². The fraction of sp³-hybridized carbons (Fsp3) is 0.625. The number of nitrogens with one attached hydrogen (secondary N) is 2. The summed E-state index contributed by atoms with van der Waals surface area (Å²) in [6.45, 7) is 0. The molecule has 2 rings (SSSR count). The fourth-order valence-electron chi connectivity index (χ4n) is 2.02. The van der Waals surface area contributed by atoms with Crippen molar-refractivity contribution in [2.75, 3.05) is 0 Å². The summed E-state index contributed by atoms with van der Waals surface area (Å²) in [4.78, 5) is 23.9. The molecule has 0 unspecified atom stereocenters. The van der Waals surface area contributed by atoms with E-state index in [-0.39, 0.29) is 16.8 Å². The van der Waals surface area contributed by atoms with E-state index in [2.05, 4.69) is 14.7 Å². The van der Waals surface area contributed by atoms with Crippen LogP contribution >= 0.6 is 11.5 Å². The molecule has 1 aliphatic carbocycles. The fourth-order valence-corrected chi connectivity index (χ4v) is 2.53. The SMILES string of the molecule is O=C(O)N[C@H]1CCC[C@@H]1c1nsc(=O)[nH]1. The highest BCUT2D eigenvalue weighted by molar-refractivity contribution is 7.02. The number of carboxylic acid groups (broad SMARTS) is 1. The number of aromatic nitrogens is 2. The maximum Gasteiger partial charge on any atom is 0.404 e. The van der Waals surface area contributed by atoms with Gasteiger partial charge in [0.15, 0.2) is 0 Å². The molecule has 1 amide bonds. The molecule has 0 radical (unpaired) electrons. The summed E-state index contributed by atoms with van der Waals surface area (Å²) in [5.41, 5.74) is 0. The number of amides is 1. The highest BCUT2D eigenvalue weighted by Gasteiger charge is 2.31. The third kappa shape index (κ3) is 2.17. The Bertz CT molecular complexity index is 413. The summed E-state index contributed by atoms with van der Waals surface area (Å²) in [7, 11) is 0. The van der Waals surface area contributed by atoms with Gasteiger partial charge in [0.05, 0.1) is 0 Å². The van der Waals surface area contributed by atoms with Crippen molar-refractivity contribution in [3.8, 4) is 0 Å². The van der Waals surface area contributed by atoms with Crippen LogP contribution in [-0.2, 0) is 0 Å². The molecule has 0 spiro atoms. The molecular formula is C8H11N3O3S. The molecule has 7 heteroatoms. The molecule has 1 fully saturated rings. The Morgan fingerprint density at radius 1 is 1.60 bits per heavy atom. The van der Waals surface area contributed by atoms with Gasteiger partial charge in [-0.2, -0.15) is 4.37 Å². The topological polar surface area (TPSA) is 95.1 Å². The molecule has 82 valence electrons. The first-order valence-electron chi connectivity index (χ1n) is 4.72. The first-order chi connectivity index (χ1) is 7.16. The number of hydrogen-bond donors (Lipinski definition) is 3. The van der Waals surface area contributed by atoms with Gasteiger partial charge in [-0.15, -0.1) is 0 Å². The van der Waals surface area contributed by atoms with Crippen LogP contribution in [0.2, 0.25) is 0 Å². The van der Waals surface area contributed by atoms with E-state index < -0.39 is 6.09 Å². The molecule has 1 aromatic heterocycles. The lowest BCUT2D eigenvalue weighted by atomic mass is 10.0. The van der Waals surface area contributed by atoms with Gasteiger partial charge in [-0.3, -0.25) is 9.78 Å². The molecule has 0 bridgehead atoms. The van der Waals surface area contributed by atoms with Crippen LogP contribution in [0.25, 0.3) is 0 Å². The highest BCUT2D eigenvalue weighted by Crippen LogP contribution is 2.32. The van der Waals surface area contributed by atoms with E-state index in [1.165, 1.54) is 0 Å². The number of rotatable bonds is 2. The number of nitrogens with zero attached hydrogens (tertiary/aromatic N) is 1. The molecule has 0 saturated heterocycles. The van der Waals surface area contributed by atoms with Gasteiger partial charge in [0.1, 0.15) is 5.82 Å². The molecule has 1 aliphatic rings. The monoisotopic (exact) mass is 229 g/mol. The zero-order chi connectivity index (χ0) is 10.8. The van der Waals surface area contributed by atoms with Crippen LogP contribution in [0, 0.1) is 0 Å². The summed E-state index contributed by atoms with van der Waals surface area (Å²) >= 11 is 0.876. The Morgan fingerprint density at radius 3 is 3.00 bits per heavy atom. The molecule has 0 aromatic carbocycles. The van der Waals surface area contributed by atoms with Crippen molar-refractivity contribution in [2.45, 2.75) is 31.2 Å². The Hall–Kier alpha value is -1.37. The normalized spacial score (nSPS) is 25.3. The van der Waals surface area contributed by atoms with Crippen LogP contribution in [-0.4, -0.2) is 26.6 Å². The lowest BCUT2D eigenvalue weighted by Gasteiger charge is -2.16. The molecule has 6 nitrogen and oxygen atoms in total. The maximum absolute atomic E-state index is 10.9. The first-order valence-corrected chi connectivity index (χ1v) is 5.49. The van der Waals surface area contributed by atoms with Gasteiger partial charge in [0.2, 0.25) is 0 Å². The Morgan fingerprint density at radius 2 is 2.40 bits per heavy atom. The van der Waals surface area contributed by atoms with Crippen molar-refractivity contribution in [3.63, 3.8) is 0 Å². The van der Waals surface area contributed by atoms with Crippen LogP contribution in [0.5, 0.6) is 0 Å². The lowest BCUT2D eigenvalue weighted by Crippen LogP contribution is -2.35. The van der Waals surface area contributed by atoms with Gasteiger partial charge in [0.25, 0.3) is 0 Å². The summed E-state index contributed by atoms with van der Waals surface area (Å²) in [5, 5.41) is 11.1. The van der Waals surface area contributed by atoms with Crippen LogP contribution < -0.4 is 10.2 Å². The Kier molecular flexibility index (Phi) is 2.72. The number of carbonyl (C=O) groups is 1. The smallest absolute Gasteiger partial charge is 0.404 e. The number of hydrogen-bond acceptors (Lipinski definition) is 4. The zero-order valence-corrected chi connectivity index (χ0v) is 8.71. The summed E-state index contributed by atoms with van der Waals surface area (Å²) < 4.78 is 4.00. The molecule has 1 heterocycles. The van der Waals surface area contributed by atoms with E-state index in [4.69, 9.17) is 5.11 Å². The molecular weight excluding hydrogens is 218 g/mol. The highest BCUT2D eigenvalue weighted by atomic mass is 32.1. The Balaban J connectivity index is 2.14. The second-order valence-electron chi connectivity index (χ2n) is 3.57. The van der Waals surface area contributed by atoms with Crippen molar-refractivity contribution in [3.05, 3.63) is 15.5 Å². The average molecular weight is 229 g/mol. The predicted octanol–water partition coefficient (Wildman–Crippen LogP) is 0.735. The second-order valence-corrected chi connectivity index (χ2v) is 4.31. The molecule has 2 atom stereocenters. The molecule has 0 aliphatic heterocycles. The van der Waals surface area contributed by atoms with Crippen LogP contribution in [0.1, 0.15) is 31.0 Å². The van der Waals surface area contributed by atoms with Crippen LogP contribution in [0.4, 0.5) is 4.79 Å². The van der Waals surface area contributed by atoms with Crippen molar-refractivity contribution in [2.24, 2.45) is 0 Å². The minimum atomic E-state index is -1.02. The van der Waals surface area contributed by atoms with Gasteiger partial charge in [-0.25, -0.2) is 4.79 Å². The quantitative estimate of drug-likeness (QED) is 0.696. The average Bonchev–Trinajstić information content (AvgIpc) is 2.72. The van der Waals surface area contributed by atoms with Gasteiger partial charge in [-0.05, 0) is 12.8 Å². The largest absolute Gasteiger partial charge is 0.465 e. The van der Waals surface area contributed by atoms with E-state index in [9.17, 15) is 9.59 Å². The van der Waals surface area contributed by atoms with Gasteiger partial charge in [-0.1, -0.05) is 6.42 Å². The summed E-state index contributed by atoms with van der Waals surface area (Å²) in [5.74, 6) is 0.626. The lowest BCUT2D eigenvalue weighted by molar-refractivity contribution is 0.188. The maximum atomic E-state index is 10.9. The van der Waals surface area contributed by atoms with E-state index in [0.717, 1.165) is 30.8 Å². The second kappa shape index (κ2) is 4.01. The standard InChI is InChI=1S/C8H11N3O3S/c12-7(13)9-5-3-1-2-4(5)6-10-8(14)15-11-6/h4-5,9H,1-3H2,(H,12,13)(H,10,11,14)/t4-,5-/m0/s1. The number of H-pyrrole nitrogens is 1. The predicted molar refractivity (Wildman–Crippen MR) is 54.3 cm³/mol. The van der Waals surface area contributed by atoms with Crippen molar-refractivity contribution >= 4 is 17.6 Å². The van der Waals surface area contributed by atoms with Gasteiger partial charge >= 0.3 is 11.0 Å². The molecule has 1 saturated carbocycles. The van der Waals surface area contributed by atoms with Crippen molar-refractivity contribution in [1.29, 1.82) is 0 Å². The number of aromatic amines is 1. The third-order valence-electron chi connectivity index (χ3n) is 2.63. The van der Waals surface area contributed by atoms with Crippen molar-refractivity contribution < 1.29 is 9.90 Å². The minimum absolute atomic E-state index is 0.0139. The summed E-state index contributed by atoms with van der Waals surface area (Å²) in [6, 6.07) is -0.125. The summed E-state index contributed by atoms with van der Waals surface area (Å²) in [6.07, 6.45) is 1.60. The zero-order valence-electron chi connectivity index (χ0n) is 7.90. The van der Waals surface area contributed by atoms with E-state index >= 15 is 0 Å². The van der Waals surface area contributed by atoms with E-state index in [0.29, 0.717) is 5.82 Å². The third-order valence-corrected chi connectivity index (χ3v) is 3.19.